The molecule has 0 spiro atoms. The second-order valence-corrected chi connectivity index (χ2v) is 7.26. The van der Waals surface area contributed by atoms with Crippen LogP contribution in [0.1, 0.15) is 20.8 Å². The molecule has 0 bridgehead atoms. The summed E-state index contributed by atoms with van der Waals surface area (Å²) in [6.45, 7) is 5.65. The Labute approximate surface area is 103 Å². The lowest BCUT2D eigenvalue weighted by molar-refractivity contribution is 0.0521. The SMILES string of the molecule is CC(C)(C)OC(=O)NCC(CN)CS(C)(=O)=O. The van der Waals surface area contributed by atoms with Crippen LogP contribution in [0.3, 0.4) is 0 Å². The number of ether oxygens (including phenoxy) is 1. The van der Waals surface area contributed by atoms with Crippen LogP contribution in [0.2, 0.25) is 0 Å². The Balaban J connectivity index is 4.12. The number of hydrogen-bond donors (Lipinski definition) is 2. The zero-order chi connectivity index (χ0) is 13.7. The van der Waals surface area contributed by atoms with E-state index in [9.17, 15) is 13.2 Å². The Morgan fingerprint density at radius 2 is 1.94 bits per heavy atom. The molecule has 6 nitrogen and oxygen atoms in total. The van der Waals surface area contributed by atoms with Crippen LogP contribution in [-0.2, 0) is 14.6 Å². The summed E-state index contributed by atoms with van der Waals surface area (Å²) < 4.78 is 27.2. The third-order valence-electron chi connectivity index (χ3n) is 1.81. The summed E-state index contributed by atoms with van der Waals surface area (Å²) in [5, 5.41) is 2.51. The summed E-state index contributed by atoms with van der Waals surface area (Å²) in [6.07, 6.45) is 0.577. The molecule has 17 heavy (non-hydrogen) atoms. The summed E-state index contributed by atoms with van der Waals surface area (Å²) in [5.74, 6) is -0.336. The normalized spacial score (nSPS) is 14.2. The Hall–Kier alpha value is -0.820. The van der Waals surface area contributed by atoms with Gasteiger partial charge in [-0.05, 0) is 27.3 Å². The Kier molecular flexibility index (Phi) is 5.91. The number of rotatable bonds is 5. The third kappa shape index (κ3) is 10.1. The molecular weight excluding hydrogens is 244 g/mol. The number of carbonyl (C=O) groups excluding carboxylic acids is 1. The molecule has 0 saturated carbocycles. The van der Waals surface area contributed by atoms with Crippen molar-refractivity contribution in [2.45, 2.75) is 26.4 Å². The number of nitrogens with one attached hydrogen (secondary N) is 1. The molecule has 0 aliphatic carbocycles. The average molecular weight is 266 g/mol. The zero-order valence-electron chi connectivity index (χ0n) is 10.8. The number of carbonyl (C=O) groups is 1. The first kappa shape index (κ1) is 16.2. The molecule has 0 saturated heterocycles. The molecule has 1 amide bonds. The van der Waals surface area contributed by atoms with Crippen molar-refractivity contribution < 1.29 is 17.9 Å². The largest absolute Gasteiger partial charge is 0.444 e. The maximum Gasteiger partial charge on any atom is 0.407 e. The Bertz CT molecular complexity index is 346. The molecule has 0 rings (SSSR count). The Morgan fingerprint density at radius 1 is 1.41 bits per heavy atom. The molecule has 0 aromatic heterocycles. The molecule has 0 aliphatic heterocycles. The van der Waals surface area contributed by atoms with E-state index < -0.39 is 21.5 Å². The maximum absolute atomic E-state index is 11.3. The van der Waals surface area contributed by atoms with Crippen molar-refractivity contribution in [3.63, 3.8) is 0 Å². The Morgan fingerprint density at radius 3 is 2.29 bits per heavy atom. The van der Waals surface area contributed by atoms with E-state index in [0.717, 1.165) is 6.26 Å². The number of sulfone groups is 1. The van der Waals surface area contributed by atoms with E-state index >= 15 is 0 Å². The molecule has 1 unspecified atom stereocenters. The highest BCUT2D eigenvalue weighted by atomic mass is 32.2. The van der Waals surface area contributed by atoms with Gasteiger partial charge in [0.2, 0.25) is 0 Å². The van der Waals surface area contributed by atoms with Crippen LogP contribution in [0.4, 0.5) is 4.79 Å². The van der Waals surface area contributed by atoms with Gasteiger partial charge < -0.3 is 15.8 Å². The van der Waals surface area contributed by atoms with Crippen molar-refractivity contribution in [2.24, 2.45) is 11.7 Å². The van der Waals surface area contributed by atoms with Gasteiger partial charge in [0.25, 0.3) is 0 Å². The minimum absolute atomic E-state index is 0.0424. The highest BCUT2D eigenvalue weighted by molar-refractivity contribution is 7.90. The lowest BCUT2D eigenvalue weighted by Crippen LogP contribution is -2.39. The minimum atomic E-state index is -3.09. The molecule has 0 fully saturated rings. The predicted octanol–water partition coefficient (Wildman–Crippen LogP) is 0.131. The van der Waals surface area contributed by atoms with Crippen molar-refractivity contribution in [3.05, 3.63) is 0 Å². The van der Waals surface area contributed by atoms with Crippen LogP contribution in [0.25, 0.3) is 0 Å². The van der Waals surface area contributed by atoms with Gasteiger partial charge in [-0.25, -0.2) is 13.2 Å². The standard InChI is InChI=1S/C10H22N2O4S/c1-10(2,3)16-9(13)12-6-8(5-11)7-17(4,14)15/h8H,5-7,11H2,1-4H3,(H,12,13). The van der Waals surface area contributed by atoms with E-state index in [-0.39, 0.29) is 24.8 Å². The number of amides is 1. The zero-order valence-corrected chi connectivity index (χ0v) is 11.6. The van der Waals surface area contributed by atoms with Crippen molar-refractivity contribution in [1.82, 2.24) is 5.32 Å². The van der Waals surface area contributed by atoms with E-state index in [1.165, 1.54) is 0 Å². The number of nitrogens with two attached hydrogens (primary N) is 1. The molecule has 102 valence electrons. The van der Waals surface area contributed by atoms with Gasteiger partial charge in [-0.2, -0.15) is 0 Å². The van der Waals surface area contributed by atoms with Crippen molar-refractivity contribution in [3.8, 4) is 0 Å². The molecule has 0 heterocycles. The summed E-state index contributed by atoms with van der Waals surface area (Å²) in [6, 6.07) is 0. The van der Waals surface area contributed by atoms with Gasteiger partial charge in [0.05, 0.1) is 5.75 Å². The van der Waals surface area contributed by atoms with Crippen LogP contribution in [0.5, 0.6) is 0 Å². The van der Waals surface area contributed by atoms with Gasteiger partial charge in [-0.15, -0.1) is 0 Å². The molecule has 3 N–H and O–H groups in total. The number of hydrogen-bond acceptors (Lipinski definition) is 5. The van der Waals surface area contributed by atoms with Gasteiger partial charge >= 0.3 is 6.09 Å². The average Bonchev–Trinajstić information content (AvgIpc) is 2.07. The highest BCUT2D eigenvalue weighted by Gasteiger charge is 2.18. The van der Waals surface area contributed by atoms with Gasteiger partial charge in [0.1, 0.15) is 15.4 Å². The van der Waals surface area contributed by atoms with E-state index in [1.54, 1.807) is 20.8 Å². The summed E-state index contributed by atoms with van der Waals surface area (Å²) in [4.78, 5) is 11.3. The van der Waals surface area contributed by atoms with E-state index in [0.29, 0.717) is 0 Å². The lowest BCUT2D eigenvalue weighted by Gasteiger charge is -2.21. The lowest BCUT2D eigenvalue weighted by atomic mass is 10.2. The fourth-order valence-corrected chi connectivity index (χ4v) is 2.29. The molecule has 0 aromatic rings. The summed E-state index contributed by atoms with van der Waals surface area (Å²) >= 11 is 0. The van der Waals surface area contributed by atoms with Gasteiger partial charge in [0.15, 0.2) is 0 Å². The molecular formula is C10H22N2O4S. The van der Waals surface area contributed by atoms with Crippen molar-refractivity contribution in [1.29, 1.82) is 0 Å². The van der Waals surface area contributed by atoms with Gasteiger partial charge in [0, 0.05) is 18.7 Å². The van der Waals surface area contributed by atoms with E-state index in [2.05, 4.69) is 5.32 Å². The third-order valence-corrected chi connectivity index (χ3v) is 2.88. The van der Waals surface area contributed by atoms with E-state index in [1.807, 2.05) is 0 Å². The van der Waals surface area contributed by atoms with Crippen LogP contribution in [0.15, 0.2) is 0 Å². The molecule has 0 aromatic carbocycles. The highest BCUT2D eigenvalue weighted by Crippen LogP contribution is 2.06. The molecule has 1 atom stereocenters. The van der Waals surface area contributed by atoms with Crippen LogP contribution >= 0.6 is 0 Å². The molecule has 0 radical (unpaired) electrons. The van der Waals surface area contributed by atoms with Crippen molar-refractivity contribution >= 4 is 15.9 Å². The van der Waals surface area contributed by atoms with Crippen LogP contribution in [-0.4, -0.2) is 45.2 Å². The summed E-state index contributed by atoms with van der Waals surface area (Å²) in [7, 11) is -3.09. The van der Waals surface area contributed by atoms with Crippen LogP contribution in [0, 0.1) is 5.92 Å². The van der Waals surface area contributed by atoms with Gasteiger partial charge in [-0.3, -0.25) is 0 Å². The first-order valence-corrected chi connectivity index (χ1v) is 7.44. The maximum atomic E-state index is 11.3. The monoisotopic (exact) mass is 266 g/mol. The van der Waals surface area contributed by atoms with Crippen molar-refractivity contribution in [2.75, 3.05) is 25.1 Å². The fourth-order valence-electron chi connectivity index (χ4n) is 1.18. The topological polar surface area (TPSA) is 98.5 Å². The van der Waals surface area contributed by atoms with Crippen LogP contribution < -0.4 is 11.1 Å². The second-order valence-electron chi connectivity index (χ2n) is 5.08. The minimum Gasteiger partial charge on any atom is -0.444 e. The smallest absolute Gasteiger partial charge is 0.407 e. The fraction of sp³-hybridized carbons (Fsp3) is 0.900. The summed E-state index contributed by atoms with van der Waals surface area (Å²) in [5.41, 5.74) is 4.87. The van der Waals surface area contributed by atoms with Gasteiger partial charge in [-0.1, -0.05) is 0 Å². The number of alkyl carbamates (subject to hydrolysis) is 1. The molecule has 0 aliphatic rings. The first-order chi connectivity index (χ1) is 7.53. The second kappa shape index (κ2) is 6.20. The quantitative estimate of drug-likeness (QED) is 0.737. The predicted molar refractivity (Wildman–Crippen MR) is 66.5 cm³/mol. The molecule has 7 heteroatoms. The first-order valence-electron chi connectivity index (χ1n) is 5.38. The van der Waals surface area contributed by atoms with E-state index in [4.69, 9.17) is 10.5 Å².